The number of anilines is 1. The van der Waals surface area contributed by atoms with Gasteiger partial charge in [-0.2, -0.15) is 0 Å². The number of hydrogen-bond acceptors (Lipinski definition) is 8. The molecule has 0 aliphatic rings. The minimum atomic E-state index is -4.80. The summed E-state index contributed by atoms with van der Waals surface area (Å²) in [7, 11) is 1.79. The van der Waals surface area contributed by atoms with E-state index in [4.69, 9.17) is 11.5 Å². The predicted molar refractivity (Wildman–Crippen MR) is 117 cm³/mol. The van der Waals surface area contributed by atoms with Crippen molar-refractivity contribution in [3.8, 4) is 5.75 Å². The third kappa shape index (κ3) is 9.69. The predicted octanol–water partition coefficient (Wildman–Crippen LogP) is 3.19. The van der Waals surface area contributed by atoms with Gasteiger partial charge >= 0.3 is 6.36 Å². The number of halogens is 3. The highest BCUT2D eigenvalue weighted by Crippen LogP contribution is 2.23. The molecule has 8 nitrogen and oxygen atoms in total. The van der Waals surface area contributed by atoms with Crippen LogP contribution in [0.25, 0.3) is 0 Å². The molecule has 6 N–H and O–H groups in total. The number of nitrogens with two attached hydrogens (primary N) is 2. The van der Waals surface area contributed by atoms with Crippen LogP contribution in [-0.4, -0.2) is 29.5 Å². The molecule has 0 spiro atoms. The summed E-state index contributed by atoms with van der Waals surface area (Å²) in [6.07, 6.45) is 1.35. The van der Waals surface area contributed by atoms with Gasteiger partial charge in [-0.3, -0.25) is 4.79 Å². The molecule has 32 heavy (non-hydrogen) atoms. The molecule has 0 bridgehead atoms. The number of nitrogens with one attached hydrogen (secondary N) is 2. The van der Waals surface area contributed by atoms with E-state index in [0.717, 1.165) is 41.5 Å². The lowest BCUT2D eigenvalue weighted by Gasteiger charge is -2.10. The standard InChI is InChI=1S/C20H25F3N6O2S/c1-26-19-29-28-18(32-19)8-3-2-6-14(24)9-10-16(25)27-17(30)12-13-5-4-7-15(11-13)31-20(21,22)23/h4-5,7,9-11H,2-3,6,8,12,24-25H2,1H3,(H,26,29)(H,27,30)/b14-9-,16-10+. The first-order valence-electron chi connectivity index (χ1n) is 9.71. The lowest BCUT2D eigenvalue weighted by molar-refractivity contribution is -0.274. The van der Waals surface area contributed by atoms with Gasteiger partial charge in [-0.25, -0.2) is 0 Å². The van der Waals surface area contributed by atoms with Crippen LogP contribution in [-0.2, 0) is 17.6 Å². The number of allylic oxidation sites excluding steroid dienone is 3. The number of amides is 1. The zero-order valence-corrected chi connectivity index (χ0v) is 18.2. The Hall–Kier alpha value is -3.28. The molecule has 0 saturated heterocycles. The van der Waals surface area contributed by atoms with Crippen LogP contribution in [0.1, 0.15) is 29.8 Å². The molecule has 0 radical (unpaired) electrons. The highest BCUT2D eigenvalue weighted by Gasteiger charge is 2.31. The molecule has 0 atom stereocenters. The third-order valence-corrected chi connectivity index (χ3v) is 5.04. The van der Waals surface area contributed by atoms with Gasteiger partial charge in [0, 0.05) is 19.2 Å². The number of unbranched alkanes of at least 4 members (excludes halogenated alkanes) is 1. The summed E-state index contributed by atoms with van der Waals surface area (Å²) in [6, 6.07) is 5.19. The maximum absolute atomic E-state index is 12.3. The van der Waals surface area contributed by atoms with E-state index in [9.17, 15) is 18.0 Å². The van der Waals surface area contributed by atoms with Gasteiger partial charge in [-0.15, -0.1) is 23.4 Å². The Morgan fingerprint density at radius 3 is 2.69 bits per heavy atom. The number of alkyl halides is 3. The number of benzene rings is 1. The van der Waals surface area contributed by atoms with Gasteiger partial charge in [0.1, 0.15) is 16.6 Å². The topological polar surface area (TPSA) is 128 Å². The van der Waals surface area contributed by atoms with Crippen LogP contribution in [0.3, 0.4) is 0 Å². The SMILES string of the molecule is CNc1nnc(CCCC/C(N)=C/C=C(\N)NC(=O)Cc2cccc(OC(F)(F)F)c2)s1. The van der Waals surface area contributed by atoms with Crippen LogP contribution in [0, 0.1) is 0 Å². The molecule has 2 rings (SSSR count). The Morgan fingerprint density at radius 1 is 1.22 bits per heavy atom. The summed E-state index contributed by atoms with van der Waals surface area (Å²) in [4.78, 5) is 12.1. The van der Waals surface area contributed by atoms with Crippen molar-refractivity contribution in [1.82, 2.24) is 15.5 Å². The van der Waals surface area contributed by atoms with E-state index in [1.807, 2.05) is 0 Å². The molecule has 0 fully saturated rings. The number of rotatable bonds is 11. The number of hydrogen-bond donors (Lipinski definition) is 4. The van der Waals surface area contributed by atoms with Crippen LogP contribution >= 0.6 is 11.3 Å². The summed E-state index contributed by atoms with van der Waals surface area (Å²) < 4.78 is 40.7. The molecule has 2 aromatic rings. The molecule has 174 valence electrons. The van der Waals surface area contributed by atoms with E-state index in [2.05, 4.69) is 25.6 Å². The van der Waals surface area contributed by atoms with E-state index >= 15 is 0 Å². The largest absolute Gasteiger partial charge is 0.573 e. The van der Waals surface area contributed by atoms with Crippen molar-refractivity contribution in [3.63, 3.8) is 0 Å². The molecular formula is C20H25F3N6O2S. The van der Waals surface area contributed by atoms with Crippen LogP contribution in [0.4, 0.5) is 18.3 Å². The van der Waals surface area contributed by atoms with Gasteiger partial charge in [0.05, 0.1) is 6.42 Å². The number of nitrogens with zero attached hydrogens (tertiary/aromatic N) is 2. The van der Waals surface area contributed by atoms with E-state index in [1.54, 1.807) is 13.1 Å². The lowest BCUT2D eigenvalue weighted by atomic mass is 10.1. The van der Waals surface area contributed by atoms with Crippen LogP contribution in [0.5, 0.6) is 5.75 Å². The van der Waals surface area contributed by atoms with Gasteiger partial charge < -0.3 is 26.8 Å². The third-order valence-electron chi connectivity index (χ3n) is 4.04. The van der Waals surface area contributed by atoms with Crippen molar-refractivity contribution in [2.75, 3.05) is 12.4 Å². The van der Waals surface area contributed by atoms with Gasteiger partial charge in [-0.1, -0.05) is 23.5 Å². The maximum Gasteiger partial charge on any atom is 0.573 e. The Kier molecular flexibility index (Phi) is 9.32. The van der Waals surface area contributed by atoms with Crippen LogP contribution < -0.4 is 26.8 Å². The average molecular weight is 471 g/mol. The monoisotopic (exact) mass is 470 g/mol. The number of aromatic nitrogens is 2. The number of carbonyl (C=O) groups is 1. The molecule has 0 saturated carbocycles. The lowest BCUT2D eigenvalue weighted by Crippen LogP contribution is -2.28. The molecule has 0 aliphatic carbocycles. The van der Waals surface area contributed by atoms with Crippen molar-refractivity contribution in [2.45, 2.75) is 38.5 Å². The number of aryl methyl sites for hydroxylation is 1. The fourth-order valence-electron chi connectivity index (χ4n) is 2.63. The molecule has 1 amide bonds. The smallest absolute Gasteiger partial charge is 0.406 e. The fraction of sp³-hybridized carbons (Fsp3) is 0.350. The normalized spacial score (nSPS) is 12.5. The van der Waals surface area contributed by atoms with E-state index in [0.29, 0.717) is 17.7 Å². The van der Waals surface area contributed by atoms with Gasteiger partial charge in [0.2, 0.25) is 11.0 Å². The summed E-state index contributed by atoms with van der Waals surface area (Å²) in [5, 5.41) is 15.2. The minimum Gasteiger partial charge on any atom is -0.406 e. The number of carbonyl (C=O) groups excluding carboxylic acids is 1. The first-order valence-corrected chi connectivity index (χ1v) is 10.5. The quantitative estimate of drug-likeness (QED) is 0.293. The summed E-state index contributed by atoms with van der Waals surface area (Å²) in [5.74, 6) is -0.794. The van der Waals surface area contributed by atoms with Gasteiger partial charge in [0.25, 0.3) is 0 Å². The van der Waals surface area contributed by atoms with Gasteiger partial charge in [0.15, 0.2) is 0 Å². The molecule has 1 aromatic heterocycles. The van der Waals surface area contributed by atoms with E-state index in [-0.39, 0.29) is 12.2 Å². The first-order chi connectivity index (χ1) is 15.1. The van der Waals surface area contributed by atoms with Gasteiger partial charge in [-0.05, 0) is 49.1 Å². The summed E-state index contributed by atoms with van der Waals surface area (Å²) in [6.45, 7) is 0. The average Bonchev–Trinajstić information content (AvgIpc) is 3.16. The van der Waals surface area contributed by atoms with E-state index in [1.165, 1.54) is 29.5 Å². The molecule has 1 heterocycles. The van der Waals surface area contributed by atoms with Crippen molar-refractivity contribution in [3.05, 3.63) is 58.5 Å². The highest BCUT2D eigenvalue weighted by atomic mass is 32.1. The van der Waals surface area contributed by atoms with Crippen LogP contribution in [0.2, 0.25) is 0 Å². The molecular weight excluding hydrogens is 445 g/mol. The second kappa shape index (κ2) is 11.9. The van der Waals surface area contributed by atoms with Crippen molar-refractivity contribution < 1.29 is 22.7 Å². The van der Waals surface area contributed by atoms with Crippen LogP contribution in [0.15, 0.2) is 47.9 Å². The molecule has 1 aromatic carbocycles. The summed E-state index contributed by atoms with van der Waals surface area (Å²) >= 11 is 1.51. The number of ether oxygens (including phenoxy) is 1. The Bertz CT molecular complexity index is 959. The molecule has 0 unspecified atom stereocenters. The second-order valence-corrected chi connectivity index (χ2v) is 7.80. The zero-order chi connectivity index (χ0) is 23.6. The van der Waals surface area contributed by atoms with Crippen molar-refractivity contribution in [1.29, 1.82) is 0 Å². The molecule has 0 aliphatic heterocycles. The fourth-order valence-corrected chi connectivity index (χ4v) is 3.36. The van der Waals surface area contributed by atoms with Crippen molar-refractivity contribution in [2.24, 2.45) is 11.5 Å². The molecule has 12 heteroatoms. The first kappa shape index (κ1) is 25.0. The van der Waals surface area contributed by atoms with E-state index < -0.39 is 18.0 Å². The zero-order valence-electron chi connectivity index (χ0n) is 17.4. The maximum atomic E-state index is 12.3. The Morgan fingerprint density at radius 2 is 2.00 bits per heavy atom. The Balaban J connectivity index is 1.75. The minimum absolute atomic E-state index is 0.0779. The summed E-state index contributed by atoms with van der Waals surface area (Å²) in [5.41, 5.74) is 12.7. The highest BCUT2D eigenvalue weighted by molar-refractivity contribution is 7.15. The Labute approximate surface area is 187 Å². The second-order valence-electron chi connectivity index (χ2n) is 6.74. The van der Waals surface area contributed by atoms with Crippen molar-refractivity contribution >= 4 is 22.4 Å².